The Kier molecular flexibility index (Phi) is 6.13. The van der Waals surface area contributed by atoms with Crippen molar-refractivity contribution in [2.45, 2.75) is 19.4 Å². The molecule has 0 aromatic carbocycles. The molecule has 1 N–H and O–H groups in total. The average molecular weight is 340 g/mol. The Labute approximate surface area is 140 Å². The minimum atomic E-state index is -0.686. The van der Waals surface area contributed by atoms with E-state index in [1.807, 2.05) is 0 Å². The molecule has 2 aliphatic heterocycles. The van der Waals surface area contributed by atoms with Crippen LogP contribution in [0.2, 0.25) is 0 Å². The van der Waals surface area contributed by atoms with Crippen molar-refractivity contribution in [3.8, 4) is 0 Å². The van der Waals surface area contributed by atoms with Crippen LogP contribution in [0, 0.1) is 0 Å². The van der Waals surface area contributed by atoms with Crippen LogP contribution in [0.4, 0.5) is 0 Å². The lowest BCUT2D eigenvalue weighted by atomic mass is 10.1. The molecule has 9 heteroatoms. The zero-order valence-corrected chi connectivity index (χ0v) is 14.1. The molecule has 2 saturated heterocycles. The summed E-state index contributed by atoms with van der Waals surface area (Å²) < 4.78 is 4.63. The zero-order valence-electron chi connectivity index (χ0n) is 14.1. The maximum atomic E-state index is 12.5. The van der Waals surface area contributed by atoms with Crippen LogP contribution < -0.4 is 5.32 Å². The van der Waals surface area contributed by atoms with Crippen LogP contribution >= 0.6 is 0 Å². The Hall–Kier alpha value is -2.16. The number of hydrogen-bond acceptors (Lipinski definition) is 6. The number of rotatable bonds is 4. The maximum absolute atomic E-state index is 12.5. The second-order valence-corrected chi connectivity index (χ2v) is 5.94. The summed E-state index contributed by atoms with van der Waals surface area (Å²) in [5.41, 5.74) is 0. The van der Waals surface area contributed by atoms with Crippen LogP contribution in [-0.2, 0) is 23.9 Å². The monoisotopic (exact) mass is 340 g/mol. The van der Waals surface area contributed by atoms with Gasteiger partial charge in [-0.05, 0) is 0 Å². The highest BCUT2D eigenvalue weighted by Gasteiger charge is 2.34. The van der Waals surface area contributed by atoms with E-state index < -0.39 is 12.0 Å². The van der Waals surface area contributed by atoms with Gasteiger partial charge in [-0.15, -0.1) is 0 Å². The molecule has 0 bridgehead atoms. The number of amides is 3. The van der Waals surface area contributed by atoms with Crippen LogP contribution in [-0.4, -0.2) is 97.4 Å². The van der Waals surface area contributed by atoms with Crippen molar-refractivity contribution in [2.24, 2.45) is 0 Å². The summed E-state index contributed by atoms with van der Waals surface area (Å²) in [5.74, 6) is -0.832. The minimum Gasteiger partial charge on any atom is -0.469 e. The van der Waals surface area contributed by atoms with Gasteiger partial charge >= 0.3 is 5.97 Å². The minimum absolute atomic E-state index is 0.00735. The predicted octanol–water partition coefficient (Wildman–Crippen LogP) is -1.96. The van der Waals surface area contributed by atoms with Gasteiger partial charge < -0.3 is 19.9 Å². The van der Waals surface area contributed by atoms with Gasteiger partial charge in [0, 0.05) is 46.2 Å². The molecule has 0 aliphatic carbocycles. The van der Waals surface area contributed by atoms with Crippen LogP contribution in [0.5, 0.6) is 0 Å². The highest BCUT2D eigenvalue weighted by molar-refractivity contribution is 5.88. The van der Waals surface area contributed by atoms with Crippen molar-refractivity contribution in [2.75, 3.05) is 52.9 Å². The molecule has 0 aromatic rings. The summed E-state index contributed by atoms with van der Waals surface area (Å²) >= 11 is 0. The van der Waals surface area contributed by atoms with Crippen molar-refractivity contribution >= 4 is 23.7 Å². The molecule has 0 saturated carbocycles. The molecule has 9 nitrogen and oxygen atoms in total. The number of carbonyl (C=O) groups excluding carboxylic acids is 4. The van der Waals surface area contributed by atoms with E-state index in [1.54, 1.807) is 14.7 Å². The van der Waals surface area contributed by atoms with E-state index in [4.69, 9.17) is 0 Å². The summed E-state index contributed by atoms with van der Waals surface area (Å²) in [6.07, 6.45) is -0.0757. The van der Waals surface area contributed by atoms with Gasteiger partial charge in [-0.25, -0.2) is 0 Å². The lowest BCUT2D eigenvalue weighted by Crippen LogP contribution is -2.59. The standard InChI is InChI=1S/C15H24N4O5/c1-11(20)17-5-7-18(8-6-17)13(21)10-19-4-3-16-15(23)12(19)9-14(22)24-2/h12H,3-10H2,1-2H3,(H,16,23). The van der Waals surface area contributed by atoms with Crippen LogP contribution in [0.25, 0.3) is 0 Å². The van der Waals surface area contributed by atoms with Crippen LogP contribution in [0.15, 0.2) is 0 Å². The van der Waals surface area contributed by atoms with Gasteiger partial charge in [0.05, 0.1) is 20.1 Å². The molecular formula is C15H24N4O5. The van der Waals surface area contributed by atoms with Gasteiger partial charge in [-0.1, -0.05) is 0 Å². The summed E-state index contributed by atoms with van der Waals surface area (Å²) in [5, 5.41) is 2.71. The van der Waals surface area contributed by atoms with Crippen molar-refractivity contribution in [1.82, 2.24) is 20.0 Å². The molecule has 2 heterocycles. The van der Waals surface area contributed by atoms with Crippen LogP contribution in [0.1, 0.15) is 13.3 Å². The molecule has 3 amide bonds. The first kappa shape index (κ1) is 18.2. The molecule has 0 spiro atoms. The molecular weight excluding hydrogens is 316 g/mol. The molecule has 0 aromatic heterocycles. The molecule has 2 aliphatic rings. The highest BCUT2D eigenvalue weighted by atomic mass is 16.5. The zero-order chi connectivity index (χ0) is 17.7. The van der Waals surface area contributed by atoms with Crippen LogP contribution in [0.3, 0.4) is 0 Å². The fourth-order valence-corrected chi connectivity index (χ4v) is 2.96. The van der Waals surface area contributed by atoms with Gasteiger partial charge in [-0.3, -0.25) is 24.1 Å². The van der Waals surface area contributed by atoms with Crippen molar-refractivity contribution in [1.29, 1.82) is 0 Å². The number of piperazine rings is 2. The Bertz CT molecular complexity index is 516. The van der Waals surface area contributed by atoms with E-state index >= 15 is 0 Å². The Morgan fingerprint density at radius 2 is 1.75 bits per heavy atom. The first-order valence-corrected chi connectivity index (χ1v) is 8.04. The topological polar surface area (TPSA) is 99.3 Å². The number of nitrogens with zero attached hydrogens (tertiary/aromatic N) is 3. The van der Waals surface area contributed by atoms with E-state index in [0.29, 0.717) is 39.3 Å². The summed E-state index contributed by atoms with van der Waals surface area (Å²) in [6, 6.07) is -0.686. The van der Waals surface area contributed by atoms with Gasteiger partial charge in [0.2, 0.25) is 17.7 Å². The number of ether oxygens (including phenoxy) is 1. The second-order valence-electron chi connectivity index (χ2n) is 5.94. The number of methoxy groups -OCH3 is 1. The molecule has 134 valence electrons. The quantitative estimate of drug-likeness (QED) is 0.597. The SMILES string of the molecule is COC(=O)CC1C(=O)NCCN1CC(=O)N1CCN(C(C)=O)CC1. The van der Waals surface area contributed by atoms with Crippen molar-refractivity contribution < 1.29 is 23.9 Å². The third kappa shape index (κ3) is 4.44. The number of esters is 1. The number of carbonyl (C=O) groups is 4. The largest absolute Gasteiger partial charge is 0.469 e. The first-order valence-electron chi connectivity index (χ1n) is 8.04. The van der Waals surface area contributed by atoms with E-state index in [-0.39, 0.29) is 30.7 Å². The molecule has 2 fully saturated rings. The Balaban J connectivity index is 1.92. The smallest absolute Gasteiger partial charge is 0.307 e. The Morgan fingerprint density at radius 3 is 2.33 bits per heavy atom. The highest BCUT2D eigenvalue weighted by Crippen LogP contribution is 2.11. The normalized spacial score (nSPS) is 22.1. The van der Waals surface area contributed by atoms with Gasteiger partial charge in [0.25, 0.3) is 0 Å². The maximum Gasteiger partial charge on any atom is 0.307 e. The third-order valence-corrected chi connectivity index (χ3v) is 4.45. The Morgan fingerprint density at radius 1 is 1.12 bits per heavy atom. The van der Waals surface area contributed by atoms with Gasteiger partial charge in [-0.2, -0.15) is 0 Å². The fraction of sp³-hybridized carbons (Fsp3) is 0.733. The van der Waals surface area contributed by atoms with E-state index in [1.165, 1.54) is 14.0 Å². The van der Waals surface area contributed by atoms with E-state index in [2.05, 4.69) is 10.1 Å². The van der Waals surface area contributed by atoms with Crippen molar-refractivity contribution in [3.05, 3.63) is 0 Å². The molecule has 1 atom stereocenters. The van der Waals surface area contributed by atoms with Gasteiger partial charge in [0.1, 0.15) is 6.04 Å². The van der Waals surface area contributed by atoms with Gasteiger partial charge in [0.15, 0.2) is 0 Å². The summed E-state index contributed by atoms with van der Waals surface area (Å²) in [7, 11) is 1.27. The lowest BCUT2D eigenvalue weighted by Gasteiger charge is -2.38. The summed E-state index contributed by atoms with van der Waals surface area (Å²) in [6.45, 7) is 4.56. The fourth-order valence-electron chi connectivity index (χ4n) is 2.96. The van der Waals surface area contributed by atoms with E-state index in [9.17, 15) is 19.2 Å². The lowest BCUT2D eigenvalue weighted by molar-refractivity contribution is -0.148. The van der Waals surface area contributed by atoms with Crippen molar-refractivity contribution in [3.63, 3.8) is 0 Å². The molecule has 1 unspecified atom stereocenters. The summed E-state index contributed by atoms with van der Waals surface area (Å²) in [4.78, 5) is 52.4. The molecule has 0 radical (unpaired) electrons. The predicted molar refractivity (Wildman–Crippen MR) is 83.8 cm³/mol. The van der Waals surface area contributed by atoms with E-state index in [0.717, 1.165) is 0 Å². The molecule has 2 rings (SSSR count). The third-order valence-electron chi connectivity index (χ3n) is 4.45. The number of hydrogen-bond donors (Lipinski definition) is 1. The molecule has 24 heavy (non-hydrogen) atoms. The average Bonchev–Trinajstić information content (AvgIpc) is 2.57. The number of nitrogens with one attached hydrogen (secondary N) is 1. The second kappa shape index (κ2) is 8.09. The first-order chi connectivity index (χ1) is 11.4.